The van der Waals surface area contributed by atoms with Crippen LogP contribution in [0.15, 0.2) is 66.0 Å². The number of nitrogen functional groups attached to an aromatic ring is 1. The summed E-state index contributed by atoms with van der Waals surface area (Å²) in [4.78, 5) is 33.6. The van der Waals surface area contributed by atoms with Gasteiger partial charge < -0.3 is 10.5 Å². The number of nitro benzene ring substituents is 1. The molecule has 0 bridgehead atoms. The summed E-state index contributed by atoms with van der Waals surface area (Å²) in [6, 6.07) is 17.4. The van der Waals surface area contributed by atoms with E-state index in [2.05, 4.69) is 15.3 Å². The second-order valence-corrected chi connectivity index (χ2v) is 9.28. The molecule has 3 aromatic heterocycles. The van der Waals surface area contributed by atoms with Crippen LogP contribution in [0.2, 0.25) is 0 Å². The first kappa shape index (κ1) is 22.4. The van der Waals surface area contributed by atoms with E-state index >= 15 is 0 Å². The lowest BCUT2D eigenvalue weighted by Crippen LogP contribution is -2.11. The molecule has 2 aromatic carbocycles. The van der Waals surface area contributed by atoms with Crippen molar-refractivity contribution < 1.29 is 14.5 Å². The molecule has 3 heterocycles. The van der Waals surface area contributed by atoms with Gasteiger partial charge in [-0.25, -0.2) is 9.97 Å². The number of thiazole rings is 1. The molecule has 3 N–H and O–H groups in total. The summed E-state index contributed by atoms with van der Waals surface area (Å²) in [5, 5.41) is 16.6. The molecule has 0 atom stereocenters. The number of pyridine rings is 1. The van der Waals surface area contributed by atoms with E-state index in [0.717, 1.165) is 17.0 Å². The first-order valence-electron chi connectivity index (χ1n) is 10.3. The third-order valence-electron chi connectivity index (χ3n) is 5.26. The fraction of sp³-hybridized carbons (Fsp3) is 0.0417. The first-order chi connectivity index (χ1) is 16.9. The van der Waals surface area contributed by atoms with Crippen molar-refractivity contribution in [2.24, 2.45) is 0 Å². The number of carbonyl (C=O) groups excluding carboxylic acids is 1. The van der Waals surface area contributed by atoms with Crippen LogP contribution in [0.5, 0.6) is 5.75 Å². The lowest BCUT2D eigenvalue weighted by Gasteiger charge is -2.03. The third-order valence-corrected chi connectivity index (χ3v) is 7.13. The normalized spacial score (nSPS) is 10.9. The molecule has 0 aliphatic heterocycles. The second-order valence-electron chi connectivity index (χ2n) is 7.42. The number of carbonyl (C=O) groups is 1. The van der Waals surface area contributed by atoms with Gasteiger partial charge in [0.2, 0.25) is 0 Å². The van der Waals surface area contributed by atoms with Gasteiger partial charge in [0.15, 0.2) is 5.13 Å². The standard InChI is InChI=1S/C24H17N5O4S2/c1-33-16-7-5-13(6-8-16)18-10-9-17-20(25)21(35-23(17)26-18)22(30)28-24-27-19(12-34-24)14-3-2-4-15(11-14)29(31)32/h2-12H,25H2,1H3,(H,27,28,30). The number of methoxy groups -OCH3 is 1. The number of non-ortho nitro benzene ring substituents is 1. The first-order valence-corrected chi connectivity index (χ1v) is 12.0. The van der Waals surface area contributed by atoms with Gasteiger partial charge in [-0.3, -0.25) is 20.2 Å². The predicted octanol–water partition coefficient (Wildman–Crippen LogP) is 5.84. The summed E-state index contributed by atoms with van der Waals surface area (Å²) >= 11 is 2.43. The summed E-state index contributed by atoms with van der Waals surface area (Å²) in [6.45, 7) is 0. The number of amides is 1. The maximum Gasteiger partial charge on any atom is 0.270 e. The van der Waals surface area contributed by atoms with Gasteiger partial charge in [-0.2, -0.15) is 0 Å². The number of hydrogen-bond acceptors (Lipinski definition) is 9. The Morgan fingerprint density at radius 3 is 2.60 bits per heavy atom. The quantitative estimate of drug-likeness (QED) is 0.220. The van der Waals surface area contributed by atoms with Crippen molar-refractivity contribution >= 4 is 55.3 Å². The highest BCUT2D eigenvalue weighted by molar-refractivity contribution is 7.21. The molecule has 1 amide bonds. The molecule has 0 aliphatic rings. The monoisotopic (exact) mass is 503 g/mol. The van der Waals surface area contributed by atoms with Gasteiger partial charge >= 0.3 is 0 Å². The van der Waals surface area contributed by atoms with Crippen molar-refractivity contribution in [2.75, 3.05) is 18.2 Å². The SMILES string of the molecule is COc1ccc(-c2ccc3c(N)c(C(=O)Nc4nc(-c5cccc([N+](=O)[O-])c5)cs4)sc3n2)cc1. The zero-order valence-corrected chi connectivity index (χ0v) is 19.9. The molecule has 9 nitrogen and oxygen atoms in total. The maximum atomic E-state index is 13.0. The van der Waals surface area contributed by atoms with Crippen LogP contribution in [0.3, 0.4) is 0 Å². The lowest BCUT2D eigenvalue weighted by molar-refractivity contribution is -0.384. The minimum Gasteiger partial charge on any atom is -0.497 e. The number of nitro groups is 1. The molecule has 11 heteroatoms. The molecular weight excluding hydrogens is 486 g/mol. The molecule has 0 saturated carbocycles. The zero-order valence-electron chi connectivity index (χ0n) is 18.2. The van der Waals surface area contributed by atoms with Gasteiger partial charge in [0.1, 0.15) is 15.5 Å². The number of nitrogens with one attached hydrogen (secondary N) is 1. The average molecular weight is 504 g/mol. The molecule has 5 rings (SSSR count). The van der Waals surface area contributed by atoms with Crippen LogP contribution in [0.4, 0.5) is 16.5 Å². The van der Waals surface area contributed by atoms with E-state index in [9.17, 15) is 14.9 Å². The fourth-order valence-electron chi connectivity index (χ4n) is 3.48. The van der Waals surface area contributed by atoms with E-state index in [1.165, 1.54) is 34.8 Å². The number of thiophene rings is 1. The Balaban J connectivity index is 1.39. The fourth-order valence-corrected chi connectivity index (χ4v) is 5.19. The van der Waals surface area contributed by atoms with Crippen LogP contribution in [-0.2, 0) is 0 Å². The van der Waals surface area contributed by atoms with E-state index < -0.39 is 10.8 Å². The molecule has 0 radical (unpaired) electrons. The largest absolute Gasteiger partial charge is 0.497 e. The predicted molar refractivity (Wildman–Crippen MR) is 138 cm³/mol. The highest BCUT2D eigenvalue weighted by Gasteiger charge is 2.19. The molecule has 174 valence electrons. The number of aromatic nitrogens is 2. The van der Waals surface area contributed by atoms with Crippen LogP contribution in [0.25, 0.3) is 32.7 Å². The van der Waals surface area contributed by atoms with Gasteiger partial charge in [-0.1, -0.05) is 12.1 Å². The summed E-state index contributed by atoms with van der Waals surface area (Å²) in [6.07, 6.45) is 0. The van der Waals surface area contributed by atoms with Gasteiger partial charge in [-0.15, -0.1) is 22.7 Å². The average Bonchev–Trinajstić information content (AvgIpc) is 3.48. The number of anilines is 2. The van der Waals surface area contributed by atoms with E-state index in [1.807, 2.05) is 36.4 Å². The van der Waals surface area contributed by atoms with Gasteiger partial charge in [0, 0.05) is 34.0 Å². The van der Waals surface area contributed by atoms with Crippen LogP contribution in [0, 0.1) is 10.1 Å². The van der Waals surface area contributed by atoms with Crippen molar-refractivity contribution in [3.63, 3.8) is 0 Å². The topological polar surface area (TPSA) is 133 Å². The van der Waals surface area contributed by atoms with Crippen molar-refractivity contribution in [1.82, 2.24) is 9.97 Å². The van der Waals surface area contributed by atoms with Crippen molar-refractivity contribution in [1.29, 1.82) is 0 Å². The number of nitrogens with two attached hydrogens (primary N) is 1. The van der Waals surface area contributed by atoms with Crippen LogP contribution in [0.1, 0.15) is 9.67 Å². The van der Waals surface area contributed by atoms with E-state index in [-0.39, 0.29) is 5.69 Å². The molecule has 0 aliphatic carbocycles. The number of fused-ring (bicyclic) bond motifs is 1. The van der Waals surface area contributed by atoms with Crippen molar-refractivity contribution in [2.45, 2.75) is 0 Å². The lowest BCUT2D eigenvalue weighted by atomic mass is 10.1. The molecule has 35 heavy (non-hydrogen) atoms. The summed E-state index contributed by atoms with van der Waals surface area (Å²) < 4.78 is 5.20. The molecule has 0 unspecified atom stereocenters. The smallest absolute Gasteiger partial charge is 0.270 e. The highest BCUT2D eigenvalue weighted by Crippen LogP contribution is 2.35. The summed E-state index contributed by atoms with van der Waals surface area (Å²) in [7, 11) is 1.61. The molecule has 5 aromatic rings. The Hall–Kier alpha value is -4.35. The number of nitrogens with zero attached hydrogens (tertiary/aromatic N) is 3. The van der Waals surface area contributed by atoms with Crippen LogP contribution in [-0.4, -0.2) is 27.9 Å². The number of benzene rings is 2. The maximum absolute atomic E-state index is 13.0. The van der Waals surface area contributed by atoms with Crippen molar-refractivity contribution in [3.05, 3.63) is 81.0 Å². The Morgan fingerprint density at radius 1 is 1.06 bits per heavy atom. The highest BCUT2D eigenvalue weighted by atomic mass is 32.1. The number of hydrogen-bond donors (Lipinski definition) is 2. The van der Waals surface area contributed by atoms with E-state index in [1.54, 1.807) is 24.6 Å². The van der Waals surface area contributed by atoms with Gasteiger partial charge in [0.25, 0.3) is 11.6 Å². The Bertz CT molecular complexity index is 1580. The third kappa shape index (κ3) is 4.42. The van der Waals surface area contributed by atoms with Gasteiger partial charge in [0.05, 0.1) is 29.1 Å². The minimum absolute atomic E-state index is 0.0272. The molecule has 0 spiro atoms. The Kier molecular flexibility index (Phi) is 5.85. The Morgan fingerprint density at radius 2 is 1.86 bits per heavy atom. The Labute approximate surface area is 207 Å². The van der Waals surface area contributed by atoms with E-state index in [0.29, 0.717) is 37.2 Å². The summed E-state index contributed by atoms with van der Waals surface area (Å²) in [5.41, 5.74) is 9.40. The second kappa shape index (κ2) is 9.12. The minimum atomic E-state index is -0.461. The van der Waals surface area contributed by atoms with E-state index in [4.69, 9.17) is 10.5 Å². The number of ether oxygens (including phenoxy) is 1. The molecular formula is C24H17N5O4S2. The van der Waals surface area contributed by atoms with Crippen molar-refractivity contribution in [3.8, 4) is 28.3 Å². The number of rotatable bonds is 6. The zero-order chi connectivity index (χ0) is 24.5. The summed E-state index contributed by atoms with van der Waals surface area (Å²) in [5.74, 6) is 0.362. The molecule has 0 fully saturated rings. The van der Waals surface area contributed by atoms with Crippen LogP contribution >= 0.6 is 22.7 Å². The molecule has 0 saturated heterocycles. The van der Waals surface area contributed by atoms with Gasteiger partial charge in [-0.05, 0) is 36.4 Å². The van der Waals surface area contributed by atoms with Crippen LogP contribution < -0.4 is 15.8 Å².